The van der Waals surface area contributed by atoms with Crippen LogP contribution in [0.5, 0.6) is 0 Å². The van der Waals surface area contributed by atoms with Crippen molar-refractivity contribution in [3.05, 3.63) is 35.4 Å². The van der Waals surface area contributed by atoms with Gasteiger partial charge in [0, 0.05) is 46.9 Å². The number of nitrogens with one attached hydrogen (secondary N) is 2. The molecule has 0 atom stereocenters. The molecule has 0 saturated carbocycles. The van der Waals surface area contributed by atoms with Gasteiger partial charge in [-0.3, -0.25) is 9.89 Å². The predicted molar refractivity (Wildman–Crippen MR) is 95.9 cm³/mol. The molecule has 2 N–H and O–H groups in total. The summed E-state index contributed by atoms with van der Waals surface area (Å²) >= 11 is 0. The summed E-state index contributed by atoms with van der Waals surface area (Å²) in [6.45, 7) is 8.90. The predicted octanol–water partition coefficient (Wildman–Crippen LogP) is 1.63. The molecule has 0 aliphatic carbocycles. The molecule has 1 aromatic carbocycles. The minimum atomic E-state index is -0.200. The van der Waals surface area contributed by atoms with Gasteiger partial charge in [-0.15, -0.1) is 0 Å². The van der Waals surface area contributed by atoms with Gasteiger partial charge in [-0.1, -0.05) is 24.3 Å². The van der Waals surface area contributed by atoms with Crippen LogP contribution in [-0.2, 0) is 17.7 Å². The highest BCUT2D eigenvalue weighted by Gasteiger charge is 2.17. The summed E-state index contributed by atoms with van der Waals surface area (Å²) in [6, 6.07) is 8.74. The maximum atomic E-state index is 5.41. The zero-order valence-electron chi connectivity index (χ0n) is 14.9. The number of rotatable bonds is 6. The molecule has 1 aliphatic rings. The lowest BCUT2D eigenvalue weighted by Crippen LogP contribution is -2.47. The maximum Gasteiger partial charge on any atom is 0.191 e. The van der Waals surface area contributed by atoms with Gasteiger partial charge in [-0.25, -0.2) is 0 Å². The first-order valence-electron chi connectivity index (χ1n) is 8.33. The Morgan fingerprint density at radius 1 is 1.26 bits per heavy atom. The van der Waals surface area contributed by atoms with Gasteiger partial charge in [0.1, 0.15) is 0 Å². The van der Waals surface area contributed by atoms with E-state index in [9.17, 15) is 0 Å². The van der Waals surface area contributed by atoms with Crippen LogP contribution in [0.25, 0.3) is 0 Å². The van der Waals surface area contributed by atoms with Crippen molar-refractivity contribution in [2.75, 3.05) is 40.3 Å². The first-order valence-corrected chi connectivity index (χ1v) is 8.33. The number of aliphatic imine (C=N–C) groups is 1. The Morgan fingerprint density at radius 3 is 2.70 bits per heavy atom. The molecule has 128 valence electrons. The summed E-state index contributed by atoms with van der Waals surface area (Å²) in [6.07, 6.45) is 1.14. The van der Waals surface area contributed by atoms with E-state index >= 15 is 0 Å². The molecule has 23 heavy (non-hydrogen) atoms. The lowest BCUT2D eigenvalue weighted by atomic mass is 10.00. The van der Waals surface area contributed by atoms with E-state index in [2.05, 4.69) is 58.6 Å². The molecule has 0 bridgehead atoms. The van der Waals surface area contributed by atoms with Gasteiger partial charge < -0.3 is 15.4 Å². The molecule has 0 saturated heterocycles. The monoisotopic (exact) mass is 318 g/mol. The van der Waals surface area contributed by atoms with Crippen LogP contribution in [0.15, 0.2) is 29.3 Å². The first kappa shape index (κ1) is 17.8. The third-order valence-corrected chi connectivity index (χ3v) is 4.39. The van der Waals surface area contributed by atoms with E-state index in [1.54, 1.807) is 14.2 Å². The second-order valence-electron chi connectivity index (χ2n) is 6.61. The fraction of sp³-hybridized carbons (Fsp3) is 0.611. The minimum Gasteiger partial charge on any atom is -0.377 e. The molecule has 0 fully saturated rings. The van der Waals surface area contributed by atoms with Gasteiger partial charge in [0.05, 0.1) is 5.60 Å². The van der Waals surface area contributed by atoms with Crippen molar-refractivity contribution in [2.24, 2.45) is 4.99 Å². The number of fused-ring (bicyclic) bond motifs is 1. The smallest absolute Gasteiger partial charge is 0.191 e. The summed E-state index contributed by atoms with van der Waals surface area (Å²) in [4.78, 5) is 6.75. The lowest BCUT2D eigenvalue weighted by Gasteiger charge is -2.29. The normalized spacial score (nSPS) is 16.1. The van der Waals surface area contributed by atoms with E-state index in [0.29, 0.717) is 0 Å². The highest BCUT2D eigenvalue weighted by atomic mass is 16.5. The van der Waals surface area contributed by atoms with E-state index in [0.717, 1.165) is 45.1 Å². The molecule has 1 aromatic rings. The van der Waals surface area contributed by atoms with E-state index in [4.69, 9.17) is 4.74 Å². The zero-order chi connectivity index (χ0) is 16.7. The quantitative estimate of drug-likeness (QED) is 0.618. The van der Waals surface area contributed by atoms with E-state index in [1.165, 1.54) is 11.1 Å². The molecule has 5 nitrogen and oxygen atoms in total. The largest absolute Gasteiger partial charge is 0.377 e. The molecule has 0 spiro atoms. The maximum absolute atomic E-state index is 5.41. The highest BCUT2D eigenvalue weighted by molar-refractivity contribution is 5.79. The average Bonchev–Trinajstić information content (AvgIpc) is 2.57. The SMILES string of the molecule is CN=C(NCCN1CCc2ccccc2C1)NCC(C)(C)OC. The summed E-state index contributed by atoms with van der Waals surface area (Å²) in [5, 5.41) is 6.69. The number of hydrogen-bond donors (Lipinski definition) is 2. The molecule has 5 heteroatoms. The molecular formula is C18H30N4O. The summed E-state index contributed by atoms with van der Waals surface area (Å²) < 4.78 is 5.41. The van der Waals surface area contributed by atoms with Crippen LogP contribution in [0.3, 0.4) is 0 Å². The number of guanidine groups is 1. The third-order valence-electron chi connectivity index (χ3n) is 4.39. The minimum absolute atomic E-state index is 0.200. The lowest BCUT2D eigenvalue weighted by molar-refractivity contribution is 0.0268. The van der Waals surface area contributed by atoms with Crippen LogP contribution in [0.2, 0.25) is 0 Å². The summed E-state index contributed by atoms with van der Waals surface area (Å²) in [5.74, 6) is 0.826. The van der Waals surface area contributed by atoms with E-state index < -0.39 is 0 Å². The van der Waals surface area contributed by atoms with Crippen LogP contribution >= 0.6 is 0 Å². The second kappa shape index (κ2) is 8.31. The van der Waals surface area contributed by atoms with Crippen molar-refractivity contribution in [3.8, 4) is 0 Å². The van der Waals surface area contributed by atoms with Crippen LogP contribution in [-0.4, -0.2) is 56.8 Å². The average molecular weight is 318 g/mol. The number of methoxy groups -OCH3 is 1. The summed E-state index contributed by atoms with van der Waals surface area (Å²) in [7, 11) is 3.53. The van der Waals surface area contributed by atoms with Crippen molar-refractivity contribution in [3.63, 3.8) is 0 Å². The Balaban J connectivity index is 1.72. The van der Waals surface area contributed by atoms with E-state index in [-0.39, 0.29) is 5.60 Å². The molecule has 1 heterocycles. The Kier molecular flexibility index (Phi) is 6.42. The number of nitrogens with zero attached hydrogens (tertiary/aromatic N) is 2. The molecule has 1 aliphatic heterocycles. The van der Waals surface area contributed by atoms with Crippen molar-refractivity contribution in [2.45, 2.75) is 32.4 Å². The van der Waals surface area contributed by atoms with Gasteiger partial charge in [-0.2, -0.15) is 0 Å². The molecule has 0 amide bonds. The molecule has 2 rings (SSSR count). The standard InChI is InChI=1S/C18H30N4O/c1-18(2,23-4)14-21-17(19-3)20-10-12-22-11-9-15-7-5-6-8-16(15)13-22/h5-8H,9-14H2,1-4H3,(H2,19,20,21). The van der Waals surface area contributed by atoms with Crippen molar-refractivity contribution >= 4 is 5.96 Å². The first-order chi connectivity index (χ1) is 11.0. The van der Waals surface area contributed by atoms with Crippen molar-refractivity contribution < 1.29 is 4.74 Å². The summed E-state index contributed by atoms with van der Waals surface area (Å²) in [5.41, 5.74) is 2.76. The Hall–Kier alpha value is -1.59. The van der Waals surface area contributed by atoms with Crippen LogP contribution in [0.1, 0.15) is 25.0 Å². The van der Waals surface area contributed by atoms with Gasteiger partial charge in [0.2, 0.25) is 0 Å². The molecule has 0 radical (unpaired) electrons. The fourth-order valence-electron chi connectivity index (χ4n) is 2.67. The topological polar surface area (TPSA) is 48.9 Å². The third kappa shape index (κ3) is 5.52. The van der Waals surface area contributed by atoms with Gasteiger partial charge in [0.15, 0.2) is 5.96 Å². The van der Waals surface area contributed by atoms with Crippen molar-refractivity contribution in [1.29, 1.82) is 0 Å². The van der Waals surface area contributed by atoms with Gasteiger partial charge in [0.25, 0.3) is 0 Å². The molecule has 0 unspecified atom stereocenters. The van der Waals surface area contributed by atoms with Crippen LogP contribution < -0.4 is 10.6 Å². The Bertz CT molecular complexity index is 528. The second-order valence-corrected chi connectivity index (χ2v) is 6.61. The molecule has 0 aromatic heterocycles. The van der Waals surface area contributed by atoms with E-state index in [1.807, 2.05) is 0 Å². The highest BCUT2D eigenvalue weighted by Crippen LogP contribution is 2.17. The Labute approximate surface area is 140 Å². The fourth-order valence-corrected chi connectivity index (χ4v) is 2.67. The van der Waals surface area contributed by atoms with Crippen molar-refractivity contribution in [1.82, 2.24) is 15.5 Å². The van der Waals surface area contributed by atoms with Crippen LogP contribution in [0, 0.1) is 0 Å². The van der Waals surface area contributed by atoms with Gasteiger partial charge >= 0.3 is 0 Å². The van der Waals surface area contributed by atoms with Crippen LogP contribution in [0.4, 0.5) is 0 Å². The van der Waals surface area contributed by atoms with Gasteiger partial charge in [-0.05, 0) is 31.4 Å². The molecular weight excluding hydrogens is 288 g/mol. The zero-order valence-corrected chi connectivity index (χ0v) is 14.9. The Morgan fingerprint density at radius 2 is 2.00 bits per heavy atom. The number of benzene rings is 1. The number of ether oxygens (including phenoxy) is 1. The number of hydrogen-bond acceptors (Lipinski definition) is 3.